The molecular formula is C45H51N5O15. The molecule has 2 amide bonds. The number of amides is 2. The van der Waals surface area contributed by atoms with Crippen molar-refractivity contribution in [2.24, 2.45) is 35.1 Å². The molecule has 0 aromatic heterocycles. The van der Waals surface area contributed by atoms with Gasteiger partial charge in [0.15, 0.2) is 22.8 Å². The second-order valence-corrected chi connectivity index (χ2v) is 18.3. The second-order valence-electron chi connectivity index (χ2n) is 18.3. The number of hydrogen-bond donors (Lipinski definition) is 11. The highest BCUT2D eigenvalue weighted by molar-refractivity contribution is 6.25. The molecule has 13 N–H and O–H groups in total. The Bertz CT molecular complexity index is 2680. The first kappa shape index (κ1) is 46.4. The summed E-state index contributed by atoms with van der Waals surface area (Å²) in [5, 5.41) is 98.8. The van der Waals surface area contributed by atoms with Crippen molar-refractivity contribution in [3.63, 3.8) is 0 Å². The molecule has 0 saturated heterocycles. The summed E-state index contributed by atoms with van der Waals surface area (Å²) < 4.78 is 0. The lowest BCUT2D eigenvalue weighted by molar-refractivity contribution is -0.159. The van der Waals surface area contributed by atoms with E-state index in [1.165, 1.54) is 55.1 Å². The molecule has 9 atom stereocenters. The van der Waals surface area contributed by atoms with Gasteiger partial charge in [0.25, 0.3) is 11.8 Å². The Kier molecular flexibility index (Phi) is 10.9. The molecule has 2 fully saturated rings. The van der Waals surface area contributed by atoms with Gasteiger partial charge < -0.3 is 62.3 Å². The minimum absolute atomic E-state index is 0.0638. The van der Waals surface area contributed by atoms with Crippen molar-refractivity contribution >= 4 is 52.2 Å². The summed E-state index contributed by atoms with van der Waals surface area (Å²) in [5.74, 6) is -14.4. The zero-order valence-corrected chi connectivity index (χ0v) is 36.4. The monoisotopic (exact) mass is 901 g/mol. The molecule has 6 aliphatic rings. The van der Waals surface area contributed by atoms with Gasteiger partial charge in [0.05, 0.1) is 28.8 Å². The van der Waals surface area contributed by atoms with Crippen molar-refractivity contribution in [1.82, 2.24) is 9.80 Å². The average Bonchev–Trinajstić information content (AvgIpc) is 3.19. The summed E-state index contributed by atoms with van der Waals surface area (Å²) >= 11 is 0. The Morgan fingerprint density at radius 1 is 0.646 bits per heavy atom. The summed E-state index contributed by atoms with van der Waals surface area (Å²) in [4.78, 5) is 82.0. The van der Waals surface area contributed by atoms with E-state index >= 15 is 0 Å². The van der Waals surface area contributed by atoms with Gasteiger partial charge in [-0.1, -0.05) is 12.1 Å². The van der Waals surface area contributed by atoms with Gasteiger partial charge in [-0.25, -0.2) is 0 Å². The summed E-state index contributed by atoms with van der Waals surface area (Å²) in [6, 6.07) is 5.02. The van der Waals surface area contributed by atoms with Crippen LogP contribution in [0.5, 0.6) is 11.5 Å². The highest BCUT2D eigenvalue weighted by Gasteiger charge is 2.67. The lowest BCUT2D eigenvalue weighted by Crippen LogP contribution is -2.67. The standard InChI is InChI=1S/C23H27N3O7.C22H24N2O8/c1-25(2)12-5-6-13(27)15-10(12)7-9-8-11-17(26(3)4)19(29)16(22(24)32)21(31)23(11,33)20(30)14(9)18(15)28;1-21(31)8-5-4-6-11(25)12(8)16(26)13-9(21)7-10-15(24(2)3)17(27)14(20(23)30)19(29)22(10,32)18(13)28/h5-6,9,11,17,27-28,31,33H,7-8H2,1-4H3,(H2,24,32);4-6,9-10,15,25-26,29,31-32H,7H2,1-3H3,(H2,23,30)/t9-,11-,17-,23-;9-,10-,15-,21+,22-/m00/s1. The van der Waals surface area contributed by atoms with Gasteiger partial charge in [0.2, 0.25) is 11.6 Å². The van der Waals surface area contributed by atoms with Crippen molar-refractivity contribution in [2.45, 2.75) is 55.1 Å². The van der Waals surface area contributed by atoms with Gasteiger partial charge in [0.1, 0.15) is 45.7 Å². The number of aliphatic hydroxyl groups excluding tert-OH is 4. The number of benzene rings is 2. The van der Waals surface area contributed by atoms with Crippen LogP contribution < -0.4 is 16.4 Å². The summed E-state index contributed by atoms with van der Waals surface area (Å²) in [6.45, 7) is 1.40. The van der Waals surface area contributed by atoms with Gasteiger partial charge in [-0.3, -0.25) is 38.6 Å². The van der Waals surface area contributed by atoms with E-state index in [-0.39, 0.29) is 47.3 Å². The number of anilines is 1. The highest BCUT2D eigenvalue weighted by Crippen LogP contribution is 2.58. The molecular weight excluding hydrogens is 851 g/mol. The van der Waals surface area contributed by atoms with Crippen LogP contribution in [0.25, 0.3) is 11.5 Å². The number of ketones is 4. The maximum atomic E-state index is 13.7. The molecule has 0 radical (unpaired) electrons. The van der Waals surface area contributed by atoms with E-state index in [1.807, 2.05) is 19.0 Å². The van der Waals surface area contributed by atoms with E-state index < -0.39 is 133 Å². The Morgan fingerprint density at radius 2 is 1.11 bits per heavy atom. The third-order valence-electron chi connectivity index (χ3n) is 14.1. The number of carbonyl (C=O) groups excluding carboxylic acids is 6. The fourth-order valence-corrected chi connectivity index (χ4v) is 11.1. The van der Waals surface area contributed by atoms with Crippen LogP contribution in [0.1, 0.15) is 42.0 Å². The molecule has 2 aromatic rings. The fourth-order valence-electron chi connectivity index (χ4n) is 11.1. The second kappa shape index (κ2) is 15.3. The molecule has 65 heavy (non-hydrogen) atoms. The zero-order valence-electron chi connectivity index (χ0n) is 36.4. The van der Waals surface area contributed by atoms with E-state index in [1.54, 1.807) is 20.2 Å². The van der Waals surface area contributed by atoms with Crippen LogP contribution in [0.4, 0.5) is 5.69 Å². The first-order valence-corrected chi connectivity index (χ1v) is 20.5. The van der Waals surface area contributed by atoms with Crippen molar-refractivity contribution in [1.29, 1.82) is 0 Å². The molecule has 0 unspecified atom stereocenters. The number of nitrogens with zero attached hydrogens (tertiary/aromatic N) is 3. The number of phenolic OH excluding ortho intramolecular Hbond substituents is 2. The smallest absolute Gasteiger partial charge is 0.255 e. The summed E-state index contributed by atoms with van der Waals surface area (Å²) in [7, 11) is 9.76. The van der Waals surface area contributed by atoms with Crippen molar-refractivity contribution in [2.75, 3.05) is 47.2 Å². The third-order valence-corrected chi connectivity index (χ3v) is 14.1. The van der Waals surface area contributed by atoms with Crippen LogP contribution in [0, 0.1) is 23.7 Å². The van der Waals surface area contributed by atoms with Crippen LogP contribution in [0.2, 0.25) is 0 Å². The molecule has 0 bridgehead atoms. The number of aromatic hydroxyl groups is 2. The predicted octanol–water partition coefficient (Wildman–Crippen LogP) is -0.341. The first-order valence-electron chi connectivity index (χ1n) is 20.5. The summed E-state index contributed by atoms with van der Waals surface area (Å²) in [5.41, 5.74) is 2.60. The number of nitrogens with two attached hydrogens (primary N) is 2. The van der Waals surface area contributed by atoms with Crippen LogP contribution in [-0.4, -0.2) is 156 Å². The molecule has 8 rings (SSSR count). The number of carbonyl (C=O) groups is 6. The number of phenols is 2. The van der Waals surface area contributed by atoms with E-state index in [0.717, 1.165) is 5.69 Å². The first-order chi connectivity index (χ1) is 30.1. The molecule has 346 valence electrons. The number of aliphatic hydroxyl groups is 7. The van der Waals surface area contributed by atoms with Crippen LogP contribution in [0.3, 0.4) is 0 Å². The number of likely N-dealkylation sites (N-methyl/N-ethyl adjacent to an activating group) is 2. The largest absolute Gasteiger partial charge is 0.508 e. The average molecular weight is 902 g/mol. The molecule has 0 aliphatic heterocycles. The number of Topliss-reactive ketones (excluding diaryl/α,β-unsaturated/α-hetero) is 4. The fraction of sp³-hybridized carbons (Fsp3) is 0.422. The van der Waals surface area contributed by atoms with Crippen LogP contribution >= 0.6 is 0 Å². The topological polar surface area (TPSA) is 346 Å². The van der Waals surface area contributed by atoms with Crippen molar-refractivity contribution in [3.8, 4) is 11.5 Å². The van der Waals surface area contributed by atoms with Gasteiger partial charge in [0, 0.05) is 48.7 Å². The van der Waals surface area contributed by atoms with Crippen molar-refractivity contribution < 1.29 is 74.7 Å². The van der Waals surface area contributed by atoms with E-state index in [9.17, 15) is 74.7 Å². The van der Waals surface area contributed by atoms with Gasteiger partial charge in [-0.2, -0.15) is 0 Å². The SMILES string of the molecule is CN(C)[C@@H]1C(=O)C(C(N)=O)=C(O)[C@@]2(O)C(=O)C3=C(O)c4c(O)cccc4[C@@](C)(O)[C@H]3C[C@@H]12.CN(C)c1ccc(O)c2c1C[C@H]1C[C@H]3[C@H](N(C)C)C(=O)C(C(N)=O)=C(O)[C@@]3(O)C(=O)C1=C2O. The minimum atomic E-state index is -2.75. The predicted molar refractivity (Wildman–Crippen MR) is 229 cm³/mol. The van der Waals surface area contributed by atoms with Gasteiger partial charge >= 0.3 is 0 Å². The van der Waals surface area contributed by atoms with Gasteiger partial charge in [-0.05, 0) is 89.6 Å². The number of fused-ring (bicyclic) bond motifs is 6. The van der Waals surface area contributed by atoms with E-state index in [2.05, 4.69) is 0 Å². The highest BCUT2D eigenvalue weighted by atomic mass is 16.4. The molecule has 2 saturated carbocycles. The third kappa shape index (κ3) is 6.22. The molecule has 20 heteroatoms. The number of hydrogen-bond acceptors (Lipinski definition) is 18. The van der Waals surface area contributed by atoms with Crippen LogP contribution in [0.15, 0.2) is 64.1 Å². The maximum Gasteiger partial charge on any atom is 0.255 e. The quantitative estimate of drug-likeness (QED) is 0.171. The van der Waals surface area contributed by atoms with E-state index in [0.29, 0.717) is 5.56 Å². The Labute approximate surface area is 371 Å². The number of rotatable bonds is 5. The van der Waals surface area contributed by atoms with E-state index in [4.69, 9.17) is 11.5 Å². The Hall–Kier alpha value is -6.58. The van der Waals surface area contributed by atoms with Crippen LogP contribution in [-0.2, 0) is 40.8 Å². The van der Waals surface area contributed by atoms with Gasteiger partial charge in [-0.15, -0.1) is 0 Å². The minimum Gasteiger partial charge on any atom is -0.508 e. The molecule has 0 heterocycles. The zero-order chi connectivity index (χ0) is 48.5. The lowest BCUT2D eigenvalue weighted by atomic mass is 9.54. The molecule has 20 nitrogen and oxygen atoms in total. The maximum absolute atomic E-state index is 13.7. The van der Waals surface area contributed by atoms with Crippen molar-refractivity contribution in [3.05, 3.63) is 86.4 Å². The normalized spacial score (nSPS) is 31.7. The molecule has 6 aliphatic carbocycles. The Morgan fingerprint density at radius 3 is 1.58 bits per heavy atom. The number of primary amides is 2. The molecule has 0 spiro atoms. The molecule has 2 aromatic carbocycles. The lowest BCUT2D eigenvalue weighted by Gasteiger charge is -2.53. The Balaban J connectivity index is 0.000000194. The summed E-state index contributed by atoms with van der Waals surface area (Å²) in [6.07, 6.45) is 0.124.